The number of amides is 2. The average Bonchev–Trinajstić information content (AvgIpc) is 3.02. The molecule has 1 N–H and O–H groups in total. The smallest absolute Gasteiger partial charge is 0.355 e. The van der Waals surface area contributed by atoms with Crippen LogP contribution >= 0.6 is 12.2 Å². The molecule has 1 aliphatic carbocycles. The lowest BCUT2D eigenvalue weighted by molar-refractivity contribution is -0.137. The number of carbonyl (C=O) groups is 2. The number of benzene rings is 2. The van der Waals surface area contributed by atoms with E-state index in [-0.39, 0.29) is 16.4 Å². The predicted molar refractivity (Wildman–Crippen MR) is 127 cm³/mol. The number of nitriles is 1. The van der Waals surface area contributed by atoms with Gasteiger partial charge in [0, 0.05) is 7.05 Å². The number of nitrogens with one attached hydrogen (secondary N) is 1. The van der Waals surface area contributed by atoms with Gasteiger partial charge in [0.15, 0.2) is 5.11 Å². The highest BCUT2D eigenvalue weighted by Crippen LogP contribution is 2.58. The standard InChI is InChI=1S/C25H20F4N4O2S/c1-23-6-3-7-24(12-23)21(35)32(14-5-4-13(11-30)16(8-14)25(27,28)29)22(36)33(24)19-10-18(26)15(9-17(19)23)20(34)31-2/h4-5,8-10H,3,6-7,12H2,1-2H3,(H,31,34)/t23?,24-/m1/s1. The lowest BCUT2D eigenvalue weighted by Crippen LogP contribution is -2.59. The highest BCUT2D eigenvalue weighted by molar-refractivity contribution is 7.81. The molecule has 1 spiro atoms. The van der Waals surface area contributed by atoms with E-state index < -0.39 is 45.9 Å². The van der Waals surface area contributed by atoms with Crippen molar-refractivity contribution in [3.8, 4) is 6.07 Å². The summed E-state index contributed by atoms with van der Waals surface area (Å²) in [5.74, 6) is -1.87. The number of thiocarbonyl (C=S) groups is 1. The minimum absolute atomic E-state index is 0.0740. The molecule has 0 aromatic heterocycles. The fourth-order valence-electron chi connectivity index (χ4n) is 5.97. The molecule has 2 aromatic rings. The van der Waals surface area contributed by atoms with Crippen LogP contribution in [0.4, 0.5) is 28.9 Å². The zero-order chi connectivity index (χ0) is 26.2. The molecule has 1 saturated heterocycles. The quantitative estimate of drug-likeness (QED) is 0.459. The van der Waals surface area contributed by atoms with Crippen molar-refractivity contribution in [1.82, 2.24) is 5.32 Å². The van der Waals surface area contributed by atoms with Crippen LogP contribution in [0.2, 0.25) is 0 Å². The number of anilines is 2. The summed E-state index contributed by atoms with van der Waals surface area (Å²) in [6.07, 6.45) is -2.80. The minimum atomic E-state index is -4.81. The highest BCUT2D eigenvalue weighted by Gasteiger charge is 2.63. The van der Waals surface area contributed by atoms with Crippen LogP contribution in [0.25, 0.3) is 0 Å². The van der Waals surface area contributed by atoms with E-state index in [1.54, 1.807) is 4.90 Å². The van der Waals surface area contributed by atoms with Crippen molar-refractivity contribution in [3.05, 3.63) is 58.4 Å². The molecule has 0 radical (unpaired) electrons. The summed E-state index contributed by atoms with van der Waals surface area (Å²) in [5.41, 5.74) is -2.77. The van der Waals surface area contributed by atoms with E-state index >= 15 is 4.39 Å². The maximum absolute atomic E-state index is 15.1. The lowest BCUT2D eigenvalue weighted by atomic mass is 9.60. The molecule has 2 amide bonds. The molecule has 11 heteroatoms. The zero-order valence-electron chi connectivity index (χ0n) is 19.3. The lowest BCUT2D eigenvalue weighted by Gasteiger charge is -2.53. The Kier molecular flexibility index (Phi) is 5.20. The zero-order valence-corrected chi connectivity index (χ0v) is 20.1. The van der Waals surface area contributed by atoms with Crippen LogP contribution < -0.4 is 15.1 Å². The van der Waals surface area contributed by atoms with Crippen molar-refractivity contribution in [2.45, 2.75) is 49.7 Å². The summed E-state index contributed by atoms with van der Waals surface area (Å²) in [5, 5.41) is 11.5. The van der Waals surface area contributed by atoms with E-state index in [4.69, 9.17) is 17.5 Å². The van der Waals surface area contributed by atoms with Crippen molar-refractivity contribution in [1.29, 1.82) is 5.26 Å². The van der Waals surface area contributed by atoms with Gasteiger partial charge in [0.1, 0.15) is 11.4 Å². The van der Waals surface area contributed by atoms with Gasteiger partial charge in [-0.2, -0.15) is 18.4 Å². The molecule has 2 fully saturated rings. The van der Waals surface area contributed by atoms with Crippen LogP contribution in [0.5, 0.6) is 0 Å². The second-order valence-electron chi connectivity index (χ2n) is 9.65. The largest absolute Gasteiger partial charge is 0.417 e. The second-order valence-corrected chi connectivity index (χ2v) is 10.0. The van der Waals surface area contributed by atoms with E-state index in [0.717, 1.165) is 17.0 Å². The van der Waals surface area contributed by atoms with E-state index in [0.29, 0.717) is 36.9 Å². The fraction of sp³-hybridized carbons (Fsp3) is 0.360. The molecule has 2 aromatic carbocycles. The molecule has 186 valence electrons. The van der Waals surface area contributed by atoms with Crippen molar-refractivity contribution in [3.63, 3.8) is 0 Å². The van der Waals surface area contributed by atoms with Crippen LogP contribution in [0.3, 0.4) is 0 Å². The average molecular weight is 517 g/mol. The Hall–Kier alpha value is -3.52. The Morgan fingerprint density at radius 1 is 1.22 bits per heavy atom. The Bertz CT molecular complexity index is 1400. The Morgan fingerprint density at radius 3 is 2.58 bits per heavy atom. The van der Waals surface area contributed by atoms with Crippen molar-refractivity contribution in [2.24, 2.45) is 0 Å². The van der Waals surface area contributed by atoms with Gasteiger partial charge in [0.25, 0.3) is 11.8 Å². The van der Waals surface area contributed by atoms with Crippen molar-refractivity contribution in [2.75, 3.05) is 16.8 Å². The highest BCUT2D eigenvalue weighted by atomic mass is 32.1. The van der Waals surface area contributed by atoms with E-state index in [1.807, 2.05) is 6.92 Å². The van der Waals surface area contributed by atoms with Gasteiger partial charge in [-0.15, -0.1) is 0 Å². The van der Waals surface area contributed by atoms with Crippen LogP contribution in [0, 0.1) is 17.1 Å². The fourth-order valence-corrected chi connectivity index (χ4v) is 6.44. The number of carbonyl (C=O) groups excluding carboxylic acids is 2. The van der Waals surface area contributed by atoms with Crippen LogP contribution in [-0.2, 0) is 16.4 Å². The molecule has 5 rings (SSSR count). The molecule has 36 heavy (non-hydrogen) atoms. The van der Waals surface area contributed by atoms with Gasteiger partial charge in [-0.3, -0.25) is 14.5 Å². The number of alkyl halides is 3. The summed E-state index contributed by atoms with van der Waals surface area (Å²) >= 11 is 5.64. The predicted octanol–water partition coefficient (Wildman–Crippen LogP) is 4.80. The van der Waals surface area contributed by atoms with Crippen LogP contribution in [0.1, 0.15) is 59.7 Å². The second kappa shape index (κ2) is 7.74. The third-order valence-electron chi connectivity index (χ3n) is 7.55. The molecule has 1 unspecified atom stereocenters. The van der Waals surface area contributed by atoms with E-state index in [2.05, 4.69) is 5.32 Å². The van der Waals surface area contributed by atoms with Crippen molar-refractivity contribution >= 4 is 40.5 Å². The molecule has 6 nitrogen and oxygen atoms in total. The van der Waals surface area contributed by atoms with Crippen molar-refractivity contribution < 1.29 is 27.2 Å². The first-order chi connectivity index (χ1) is 16.9. The van der Waals surface area contributed by atoms with Gasteiger partial charge in [0.05, 0.1) is 34.1 Å². The van der Waals surface area contributed by atoms with Gasteiger partial charge in [0.2, 0.25) is 0 Å². The third-order valence-corrected chi connectivity index (χ3v) is 7.91. The first-order valence-electron chi connectivity index (χ1n) is 11.2. The van der Waals surface area contributed by atoms with Gasteiger partial charge in [-0.1, -0.05) is 6.92 Å². The van der Waals surface area contributed by atoms with Gasteiger partial charge in [-0.25, -0.2) is 4.39 Å². The summed E-state index contributed by atoms with van der Waals surface area (Å²) in [7, 11) is 1.40. The summed E-state index contributed by atoms with van der Waals surface area (Å²) in [6, 6.07) is 7.21. The molecular weight excluding hydrogens is 496 g/mol. The summed E-state index contributed by atoms with van der Waals surface area (Å²) in [6.45, 7) is 1.94. The number of halogens is 4. The third kappa shape index (κ3) is 3.17. The minimum Gasteiger partial charge on any atom is -0.355 e. The van der Waals surface area contributed by atoms with E-state index in [1.165, 1.54) is 31.3 Å². The Balaban J connectivity index is 1.70. The van der Waals surface area contributed by atoms with Gasteiger partial charge >= 0.3 is 6.18 Å². The normalized spacial score (nSPS) is 24.8. The monoisotopic (exact) mass is 516 g/mol. The van der Waals surface area contributed by atoms with E-state index in [9.17, 15) is 22.8 Å². The van der Waals surface area contributed by atoms with Gasteiger partial charge < -0.3 is 10.2 Å². The molecular formula is C25H20F4N4O2S. The first-order valence-corrected chi connectivity index (χ1v) is 11.6. The van der Waals surface area contributed by atoms with Crippen LogP contribution in [0.15, 0.2) is 30.3 Å². The van der Waals surface area contributed by atoms with Crippen LogP contribution in [-0.4, -0.2) is 29.5 Å². The topological polar surface area (TPSA) is 76.4 Å². The SMILES string of the molecule is CNC(=O)c1cc2c(cc1F)N1C(=S)N(c3ccc(C#N)c(C(F)(F)F)c3)C(=O)[C@]13CCCC2(C)C3. The number of fused-ring (bicyclic) bond motifs is 4. The maximum atomic E-state index is 15.1. The Labute approximate surface area is 209 Å². The molecule has 3 aliphatic rings. The number of hydrogen-bond donors (Lipinski definition) is 1. The molecule has 2 aliphatic heterocycles. The number of hydrogen-bond acceptors (Lipinski definition) is 4. The molecule has 2 heterocycles. The first kappa shape index (κ1) is 24.2. The molecule has 2 bridgehead atoms. The number of rotatable bonds is 2. The Morgan fingerprint density at radius 2 is 1.94 bits per heavy atom. The van der Waals surface area contributed by atoms with Gasteiger partial charge in [-0.05, 0) is 79.2 Å². The molecule has 1 saturated carbocycles. The number of nitrogens with zero attached hydrogens (tertiary/aromatic N) is 3. The summed E-state index contributed by atoms with van der Waals surface area (Å²) in [4.78, 5) is 28.8. The maximum Gasteiger partial charge on any atom is 0.417 e. The molecule has 2 atom stereocenters. The summed E-state index contributed by atoms with van der Waals surface area (Å²) < 4.78 is 56.0.